The molecule has 1 N–H and O–H groups in total. The Hall–Kier alpha value is -0.600. The van der Waals surface area contributed by atoms with Crippen molar-refractivity contribution in [1.29, 1.82) is 0 Å². The average molecular weight is 374 g/mol. The highest BCUT2D eigenvalue weighted by Crippen LogP contribution is 2.21. The van der Waals surface area contributed by atoms with Gasteiger partial charge < -0.3 is 0 Å². The highest BCUT2D eigenvalue weighted by Gasteiger charge is 2.27. The number of halogens is 4. The van der Waals surface area contributed by atoms with E-state index in [9.17, 15) is 21.6 Å². The van der Waals surface area contributed by atoms with E-state index in [0.717, 1.165) is 11.1 Å². The van der Waals surface area contributed by atoms with Gasteiger partial charge in [0, 0.05) is 18.3 Å². The molecular weight excluding hydrogens is 359 g/mol. The summed E-state index contributed by atoms with van der Waals surface area (Å²) in [7, 11) is -3.68. The molecule has 0 amide bonds. The molecule has 1 aromatic rings. The van der Waals surface area contributed by atoms with Gasteiger partial charge in [-0.1, -0.05) is 40.2 Å². The second kappa shape index (κ2) is 7.42. The molecule has 1 rings (SSSR count). The van der Waals surface area contributed by atoms with Crippen molar-refractivity contribution in [2.24, 2.45) is 0 Å². The van der Waals surface area contributed by atoms with Gasteiger partial charge in [0.2, 0.25) is 10.0 Å². The van der Waals surface area contributed by atoms with Gasteiger partial charge in [-0.15, -0.1) is 0 Å². The van der Waals surface area contributed by atoms with E-state index in [4.69, 9.17) is 0 Å². The normalized spacial score (nSPS) is 12.6. The second-order valence-corrected chi connectivity index (χ2v) is 6.80. The molecule has 0 atom stereocenters. The third-order valence-corrected chi connectivity index (χ3v) is 4.57. The van der Waals surface area contributed by atoms with E-state index in [2.05, 4.69) is 20.7 Å². The van der Waals surface area contributed by atoms with Crippen LogP contribution in [-0.4, -0.2) is 20.3 Å². The monoisotopic (exact) mass is 373 g/mol. The highest BCUT2D eigenvalue weighted by atomic mass is 79.9. The molecule has 0 aliphatic rings. The molecule has 8 heteroatoms. The Morgan fingerprint density at radius 1 is 1.20 bits per heavy atom. The first-order valence-electron chi connectivity index (χ1n) is 5.90. The van der Waals surface area contributed by atoms with Crippen LogP contribution in [0, 0.1) is 0 Å². The Morgan fingerprint density at radius 3 is 2.45 bits per heavy atom. The smallest absolute Gasteiger partial charge is 0.212 e. The van der Waals surface area contributed by atoms with Crippen LogP contribution in [0.5, 0.6) is 0 Å². The molecule has 0 bridgehead atoms. The van der Waals surface area contributed by atoms with Gasteiger partial charge in [0.25, 0.3) is 0 Å². The molecule has 0 aromatic heterocycles. The van der Waals surface area contributed by atoms with Crippen LogP contribution < -0.4 is 4.72 Å². The lowest BCUT2D eigenvalue weighted by molar-refractivity contribution is -0.134. The molecule has 3 nitrogen and oxygen atoms in total. The summed E-state index contributed by atoms with van der Waals surface area (Å²) in [6.45, 7) is 0.0786. The molecule has 0 aliphatic heterocycles. The van der Waals surface area contributed by atoms with Crippen LogP contribution in [0.25, 0.3) is 0 Å². The van der Waals surface area contributed by atoms with Crippen LogP contribution in [0.3, 0.4) is 0 Å². The van der Waals surface area contributed by atoms with E-state index >= 15 is 0 Å². The van der Waals surface area contributed by atoms with Crippen molar-refractivity contribution in [2.45, 2.75) is 30.9 Å². The molecule has 0 unspecified atom stereocenters. The van der Waals surface area contributed by atoms with E-state index in [0.29, 0.717) is 5.33 Å². The zero-order chi connectivity index (χ0) is 15.2. The van der Waals surface area contributed by atoms with Crippen LogP contribution in [-0.2, 0) is 21.9 Å². The van der Waals surface area contributed by atoms with Crippen LogP contribution in [0.15, 0.2) is 24.3 Å². The summed E-state index contributed by atoms with van der Waals surface area (Å²) in [6, 6.07) is 7.26. The molecule has 1 aromatic carbocycles. The maximum Gasteiger partial charge on any atom is 0.389 e. The third-order valence-electron chi connectivity index (χ3n) is 2.52. The van der Waals surface area contributed by atoms with Gasteiger partial charge in [0.1, 0.15) is 0 Å². The molecule has 0 heterocycles. The largest absolute Gasteiger partial charge is 0.389 e. The Kier molecular flexibility index (Phi) is 6.47. The fourth-order valence-electron chi connectivity index (χ4n) is 1.55. The number of benzene rings is 1. The predicted octanol–water partition coefficient (Wildman–Crippen LogP) is 3.34. The standard InChI is InChI=1S/C12H15BrF3NO2S/c13-8-10-3-1-4-11(7-10)9-17-20(18,19)6-2-5-12(14,15)16/h1,3-4,7,17H,2,5-6,8-9H2. The first-order chi connectivity index (χ1) is 9.22. The molecule has 114 valence electrons. The lowest BCUT2D eigenvalue weighted by Crippen LogP contribution is -2.26. The van der Waals surface area contributed by atoms with Crippen molar-refractivity contribution in [3.8, 4) is 0 Å². The molecule has 20 heavy (non-hydrogen) atoms. The average Bonchev–Trinajstić information content (AvgIpc) is 2.35. The minimum Gasteiger partial charge on any atom is -0.212 e. The van der Waals surface area contributed by atoms with Crippen molar-refractivity contribution >= 4 is 26.0 Å². The fourth-order valence-corrected chi connectivity index (χ4v) is 2.95. The molecule has 0 saturated carbocycles. The molecule has 0 fully saturated rings. The number of sulfonamides is 1. The first kappa shape index (κ1) is 17.5. The summed E-state index contributed by atoms with van der Waals surface area (Å²) in [4.78, 5) is 0. The third kappa shape index (κ3) is 7.25. The van der Waals surface area contributed by atoms with E-state index in [1.165, 1.54) is 0 Å². The van der Waals surface area contributed by atoms with Gasteiger partial charge in [-0.2, -0.15) is 13.2 Å². The summed E-state index contributed by atoms with van der Waals surface area (Å²) < 4.78 is 61.3. The Balaban J connectivity index is 2.46. The van der Waals surface area contributed by atoms with Gasteiger partial charge in [-0.05, 0) is 17.5 Å². The van der Waals surface area contributed by atoms with E-state index < -0.39 is 34.8 Å². The molecular formula is C12H15BrF3NO2S. The Bertz CT molecular complexity index is 532. The summed E-state index contributed by atoms with van der Waals surface area (Å²) in [6.07, 6.45) is -5.84. The van der Waals surface area contributed by atoms with E-state index in [1.54, 1.807) is 12.1 Å². The number of hydrogen-bond donors (Lipinski definition) is 1. The van der Waals surface area contributed by atoms with Crippen molar-refractivity contribution in [3.05, 3.63) is 35.4 Å². The number of alkyl halides is 4. The van der Waals surface area contributed by atoms with Crippen LogP contribution in [0.1, 0.15) is 24.0 Å². The highest BCUT2D eigenvalue weighted by molar-refractivity contribution is 9.08. The lowest BCUT2D eigenvalue weighted by atomic mass is 10.1. The zero-order valence-corrected chi connectivity index (χ0v) is 13.0. The maximum atomic E-state index is 11.9. The van der Waals surface area contributed by atoms with Crippen molar-refractivity contribution in [1.82, 2.24) is 4.72 Å². The van der Waals surface area contributed by atoms with E-state index in [1.807, 2.05) is 12.1 Å². The lowest BCUT2D eigenvalue weighted by Gasteiger charge is -2.09. The molecule has 0 saturated heterocycles. The summed E-state index contributed by atoms with van der Waals surface area (Å²) >= 11 is 3.29. The van der Waals surface area contributed by atoms with Gasteiger partial charge in [0.05, 0.1) is 5.75 Å². The van der Waals surface area contributed by atoms with Crippen LogP contribution in [0.4, 0.5) is 13.2 Å². The summed E-state index contributed by atoms with van der Waals surface area (Å²) in [5.74, 6) is -0.523. The number of hydrogen-bond acceptors (Lipinski definition) is 2. The van der Waals surface area contributed by atoms with Crippen molar-refractivity contribution in [3.63, 3.8) is 0 Å². The number of nitrogens with one attached hydrogen (secondary N) is 1. The predicted molar refractivity (Wildman–Crippen MR) is 75.0 cm³/mol. The summed E-state index contributed by atoms with van der Waals surface area (Å²) in [5.41, 5.74) is 1.76. The minimum absolute atomic E-state index is 0.0786. The second-order valence-electron chi connectivity index (χ2n) is 4.31. The van der Waals surface area contributed by atoms with Gasteiger partial charge in [0.15, 0.2) is 0 Å². The Morgan fingerprint density at radius 2 is 1.85 bits per heavy atom. The minimum atomic E-state index is -4.32. The van der Waals surface area contributed by atoms with Crippen molar-refractivity contribution in [2.75, 3.05) is 5.75 Å². The molecule has 0 radical (unpaired) electrons. The quantitative estimate of drug-likeness (QED) is 0.745. The SMILES string of the molecule is O=S(=O)(CCCC(F)(F)F)NCc1cccc(CBr)c1. The zero-order valence-electron chi connectivity index (χ0n) is 10.6. The van der Waals surface area contributed by atoms with Gasteiger partial charge in [-0.3, -0.25) is 0 Å². The Labute approximate surface area is 124 Å². The molecule has 0 aliphatic carbocycles. The van der Waals surface area contributed by atoms with Gasteiger partial charge >= 0.3 is 6.18 Å². The van der Waals surface area contributed by atoms with Crippen LogP contribution in [0.2, 0.25) is 0 Å². The first-order valence-corrected chi connectivity index (χ1v) is 8.67. The summed E-state index contributed by atoms with van der Waals surface area (Å²) in [5, 5.41) is 0.652. The van der Waals surface area contributed by atoms with Crippen molar-refractivity contribution < 1.29 is 21.6 Å². The topological polar surface area (TPSA) is 46.2 Å². The van der Waals surface area contributed by atoms with Crippen LogP contribution >= 0.6 is 15.9 Å². The van der Waals surface area contributed by atoms with E-state index in [-0.39, 0.29) is 6.54 Å². The number of rotatable bonds is 7. The van der Waals surface area contributed by atoms with Gasteiger partial charge in [-0.25, -0.2) is 13.1 Å². The fraction of sp³-hybridized carbons (Fsp3) is 0.500. The molecule has 0 spiro atoms. The maximum absolute atomic E-state index is 11.9.